The van der Waals surface area contributed by atoms with E-state index in [0.717, 1.165) is 21.9 Å². The molecular formula is C31H28N2O3. The summed E-state index contributed by atoms with van der Waals surface area (Å²) in [5.41, 5.74) is 3.38. The quantitative estimate of drug-likeness (QED) is 0.209. The van der Waals surface area contributed by atoms with Crippen molar-refractivity contribution in [3.63, 3.8) is 0 Å². The summed E-state index contributed by atoms with van der Waals surface area (Å²) < 4.78 is 0. The van der Waals surface area contributed by atoms with Crippen molar-refractivity contribution in [3.8, 4) is 0 Å². The maximum atomic E-state index is 13.6. The number of carbonyl (C=O) groups is 2. The molecule has 1 N–H and O–H groups in total. The van der Waals surface area contributed by atoms with Crippen molar-refractivity contribution in [2.45, 2.75) is 39.2 Å². The summed E-state index contributed by atoms with van der Waals surface area (Å²) in [5, 5.41) is 13.4. The number of carbonyl (C=O) groups excluding carboxylic acids is 2. The topological polar surface area (TPSA) is 70.5 Å². The van der Waals surface area contributed by atoms with Gasteiger partial charge in [-0.25, -0.2) is 0 Å². The largest absolute Gasteiger partial charge is 0.507 e. The predicted molar refractivity (Wildman–Crippen MR) is 143 cm³/mol. The zero-order valence-electron chi connectivity index (χ0n) is 20.8. The molecule has 0 bridgehead atoms. The second kappa shape index (κ2) is 8.76. The molecular weight excluding hydrogens is 448 g/mol. The zero-order chi connectivity index (χ0) is 25.6. The normalized spacial score (nSPS) is 17.7. The molecule has 1 unspecified atom stereocenters. The predicted octanol–water partition coefficient (Wildman–Crippen LogP) is 6.47. The van der Waals surface area contributed by atoms with E-state index < -0.39 is 17.7 Å². The summed E-state index contributed by atoms with van der Waals surface area (Å²) in [4.78, 5) is 33.1. The lowest BCUT2D eigenvalue weighted by atomic mass is 9.84. The minimum atomic E-state index is -0.866. The molecule has 180 valence electrons. The van der Waals surface area contributed by atoms with E-state index in [2.05, 4.69) is 25.8 Å². The minimum absolute atomic E-state index is 0.0424. The van der Waals surface area contributed by atoms with Crippen LogP contribution in [0.4, 0.5) is 5.69 Å². The summed E-state index contributed by atoms with van der Waals surface area (Å²) in [6, 6.07) is 23.8. The number of ketones is 1. The van der Waals surface area contributed by atoms with E-state index in [1.165, 1.54) is 4.90 Å². The van der Waals surface area contributed by atoms with Crippen LogP contribution in [0.3, 0.4) is 0 Å². The monoisotopic (exact) mass is 476 g/mol. The standard InChI is InChI=1S/C31H28N2O3/c1-19-15-16-21(31(2,3)4)18-23(19)28(34)26-27(24-13-7-8-17-32-24)33(30(36)29(26)35)25-14-9-11-20-10-5-6-12-22(20)25/h5-18,27,34H,1-4H3/b28-26+. The number of pyridine rings is 1. The number of hydrogen-bond donors (Lipinski definition) is 1. The third-order valence-corrected chi connectivity index (χ3v) is 6.80. The van der Waals surface area contributed by atoms with Crippen molar-refractivity contribution in [3.05, 3.63) is 113 Å². The molecule has 1 amide bonds. The van der Waals surface area contributed by atoms with Crippen molar-refractivity contribution in [1.82, 2.24) is 4.98 Å². The minimum Gasteiger partial charge on any atom is -0.507 e. The highest BCUT2D eigenvalue weighted by atomic mass is 16.3. The number of nitrogens with zero attached hydrogens (tertiary/aromatic N) is 2. The number of amides is 1. The molecule has 36 heavy (non-hydrogen) atoms. The lowest BCUT2D eigenvalue weighted by molar-refractivity contribution is -0.132. The fourth-order valence-electron chi connectivity index (χ4n) is 4.81. The van der Waals surface area contributed by atoms with Crippen LogP contribution in [0.1, 0.15) is 49.2 Å². The first-order valence-corrected chi connectivity index (χ1v) is 12.0. The van der Waals surface area contributed by atoms with Crippen molar-refractivity contribution < 1.29 is 14.7 Å². The van der Waals surface area contributed by atoms with E-state index in [4.69, 9.17) is 0 Å². The van der Waals surface area contributed by atoms with Gasteiger partial charge in [0.25, 0.3) is 11.7 Å². The second-order valence-electron chi connectivity index (χ2n) is 10.2. The Kier molecular flexibility index (Phi) is 5.71. The summed E-state index contributed by atoms with van der Waals surface area (Å²) in [6.07, 6.45) is 1.63. The number of aromatic nitrogens is 1. The fourth-order valence-corrected chi connectivity index (χ4v) is 4.81. The number of anilines is 1. The summed E-state index contributed by atoms with van der Waals surface area (Å²) in [6.45, 7) is 8.16. The molecule has 1 saturated heterocycles. The van der Waals surface area contributed by atoms with Gasteiger partial charge in [0.2, 0.25) is 0 Å². The molecule has 1 aliphatic rings. The number of benzene rings is 3. The van der Waals surface area contributed by atoms with Crippen molar-refractivity contribution >= 4 is 33.9 Å². The Morgan fingerprint density at radius 2 is 1.64 bits per heavy atom. The zero-order valence-corrected chi connectivity index (χ0v) is 20.8. The van der Waals surface area contributed by atoms with Crippen LogP contribution >= 0.6 is 0 Å². The summed E-state index contributed by atoms with van der Waals surface area (Å²) >= 11 is 0. The molecule has 0 aliphatic carbocycles. The van der Waals surface area contributed by atoms with E-state index in [1.54, 1.807) is 18.3 Å². The van der Waals surface area contributed by atoms with Gasteiger partial charge in [-0.2, -0.15) is 0 Å². The first-order valence-electron chi connectivity index (χ1n) is 12.0. The Balaban J connectivity index is 1.78. The Labute approximate surface area is 210 Å². The van der Waals surface area contributed by atoms with Crippen LogP contribution in [-0.2, 0) is 15.0 Å². The smallest absolute Gasteiger partial charge is 0.300 e. The van der Waals surface area contributed by atoms with Crippen LogP contribution in [0.2, 0.25) is 0 Å². The van der Waals surface area contributed by atoms with E-state index >= 15 is 0 Å². The van der Waals surface area contributed by atoms with Gasteiger partial charge in [-0.3, -0.25) is 19.5 Å². The molecule has 1 aliphatic heterocycles. The average Bonchev–Trinajstić information content (AvgIpc) is 3.13. The number of rotatable bonds is 3. The van der Waals surface area contributed by atoms with Crippen LogP contribution in [0, 0.1) is 6.92 Å². The van der Waals surface area contributed by atoms with Crippen LogP contribution in [-0.4, -0.2) is 21.8 Å². The fraction of sp³-hybridized carbons (Fsp3) is 0.194. The Morgan fingerprint density at radius 1 is 0.917 bits per heavy atom. The van der Waals surface area contributed by atoms with Crippen molar-refractivity contribution in [2.24, 2.45) is 0 Å². The van der Waals surface area contributed by atoms with E-state index in [9.17, 15) is 14.7 Å². The third kappa shape index (κ3) is 3.87. The highest BCUT2D eigenvalue weighted by Crippen LogP contribution is 2.44. The van der Waals surface area contributed by atoms with Gasteiger partial charge < -0.3 is 5.11 Å². The van der Waals surface area contributed by atoms with Gasteiger partial charge in [0.05, 0.1) is 17.0 Å². The number of aliphatic hydroxyl groups is 1. The second-order valence-corrected chi connectivity index (χ2v) is 10.2. The molecule has 5 nitrogen and oxygen atoms in total. The number of hydrogen-bond acceptors (Lipinski definition) is 4. The molecule has 4 aromatic rings. The first kappa shape index (κ1) is 23.5. The molecule has 5 heteroatoms. The van der Waals surface area contributed by atoms with Crippen LogP contribution < -0.4 is 4.90 Å². The van der Waals surface area contributed by atoms with Gasteiger partial charge in [0.15, 0.2) is 0 Å². The van der Waals surface area contributed by atoms with Crippen LogP contribution in [0.5, 0.6) is 0 Å². The highest BCUT2D eigenvalue weighted by molar-refractivity contribution is 6.52. The first-order chi connectivity index (χ1) is 17.2. The maximum absolute atomic E-state index is 13.6. The van der Waals surface area contributed by atoms with Gasteiger partial charge in [0.1, 0.15) is 11.8 Å². The molecule has 0 saturated carbocycles. The van der Waals surface area contributed by atoms with Gasteiger partial charge >= 0.3 is 0 Å². The molecule has 5 rings (SSSR count). The van der Waals surface area contributed by atoms with E-state index in [0.29, 0.717) is 16.9 Å². The van der Waals surface area contributed by atoms with Gasteiger partial charge in [0, 0.05) is 17.1 Å². The molecule has 0 spiro atoms. The molecule has 3 aromatic carbocycles. The lowest BCUT2D eigenvalue weighted by Crippen LogP contribution is -2.30. The Morgan fingerprint density at radius 3 is 2.36 bits per heavy atom. The van der Waals surface area contributed by atoms with Crippen molar-refractivity contribution in [1.29, 1.82) is 0 Å². The lowest BCUT2D eigenvalue weighted by Gasteiger charge is -2.26. The van der Waals surface area contributed by atoms with Crippen molar-refractivity contribution in [2.75, 3.05) is 4.90 Å². The molecule has 0 radical (unpaired) electrons. The number of aliphatic hydroxyl groups excluding tert-OH is 1. The number of fused-ring (bicyclic) bond motifs is 1. The Bertz CT molecular complexity index is 1530. The summed E-state index contributed by atoms with van der Waals surface area (Å²) in [5.74, 6) is -1.60. The number of aryl methyl sites for hydroxylation is 1. The SMILES string of the molecule is Cc1ccc(C(C)(C)C)cc1/C(O)=C1\C(=O)C(=O)N(c2cccc3ccccc23)C1c1ccccn1. The van der Waals surface area contributed by atoms with Crippen LogP contribution in [0.15, 0.2) is 90.6 Å². The van der Waals surface area contributed by atoms with Gasteiger partial charge in [-0.1, -0.05) is 75.4 Å². The van der Waals surface area contributed by atoms with E-state index in [-0.39, 0.29) is 16.7 Å². The van der Waals surface area contributed by atoms with Crippen LogP contribution in [0.25, 0.3) is 16.5 Å². The average molecular weight is 477 g/mol. The Hall–Kier alpha value is -4.25. The molecule has 2 heterocycles. The van der Waals surface area contributed by atoms with Gasteiger partial charge in [-0.05, 0) is 53.1 Å². The molecule has 1 fully saturated rings. The highest BCUT2D eigenvalue weighted by Gasteiger charge is 2.48. The summed E-state index contributed by atoms with van der Waals surface area (Å²) in [7, 11) is 0. The molecule has 1 atom stereocenters. The number of Topliss-reactive ketones (excluding diaryl/α,β-unsaturated/α-hetero) is 1. The van der Waals surface area contributed by atoms with E-state index in [1.807, 2.05) is 73.7 Å². The van der Waals surface area contributed by atoms with Gasteiger partial charge in [-0.15, -0.1) is 0 Å². The molecule has 1 aromatic heterocycles. The third-order valence-electron chi connectivity index (χ3n) is 6.80. The maximum Gasteiger partial charge on any atom is 0.300 e.